The van der Waals surface area contributed by atoms with E-state index >= 15 is 0 Å². The number of rotatable bonds is 3. The lowest BCUT2D eigenvalue weighted by molar-refractivity contribution is 0.223. The van der Waals surface area contributed by atoms with Gasteiger partial charge in [-0.05, 0) is 63.1 Å². The largest absolute Gasteiger partial charge is 0.362 e. The molecule has 3 N–H and O–H groups in total. The minimum atomic E-state index is 0.423. The smallest absolute Gasteiger partial charge is 0.0215 e. The first-order valence-electron chi connectivity index (χ1n) is 6.75. The molecule has 3 rings (SSSR count). The van der Waals surface area contributed by atoms with E-state index in [9.17, 15) is 0 Å². The van der Waals surface area contributed by atoms with Crippen LogP contribution >= 0.6 is 0 Å². The van der Waals surface area contributed by atoms with Crippen LogP contribution in [-0.2, 0) is 18.3 Å². The molecule has 1 saturated carbocycles. The van der Waals surface area contributed by atoms with Crippen molar-refractivity contribution in [2.24, 2.45) is 5.73 Å². The zero-order valence-corrected chi connectivity index (χ0v) is 10.0. The van der Waals surface area contributed by atoms with Gasteiger partial charge in [-0.3, -0.25) is 0 Å². The molecule has 0 spiro atoms. The maximum absolute atomic E-state index is 5.77. The number of aromatic amines is 1. The van der Waals surface area contributed by atoms with Gasteiger partial charge in [0.05, 0.1) is 0 Å². The average Bonchev–Trinajstić information content (AvgIpc) is 2.66. The summed E-state index contributed by atoms with van der Waals surface area (Å²) >= 11 is 0. The van der Waals surface area contributed by atoms with Gasteiger partial charge in [0.2, 0.25) is 0 Å². The quantitative estimate of drug-likeness (QED) is 0.804. The Morgan fingerprint density at radius 3 is 2.62 bits per heavy atom. The third-order valence-electron chi connectivity index (χ3n) is 4.62. The standard InChI is InChI=1S/C14H22N2/c15-9-8-14(6-3-7-14)13-10-11-4-1-2-5-12(11)16-13/h10,16H,1-9,15H2. The molecular formula is C14H22N2. The molecular weight excluding hydrogens is 196 g/mol. The predicted octanol–water partition coefficient (Wildman–Crippen LogP) is 2.66. The number of hydrogen-bond acceptors (Lipinski definition) is 1. The highest BCUT2D eigenvalue weighted by Crippen LogP contribution is 2.46. The van der Waals surface area contributed by atoms with Crippen molar-refractivity contribution in [2.75, 3.05) is 6.54 Å². The molecule has 0 radical (unpaired) electrons. The lowest BCUT2D eigenvalue weighted by atomic mass is 9.64. The predicted molar refractivity (Wildman–Crippen MR) is 66.6 cm³/mol. The molecule has 1 aromatic heterocycles. The van der Waals surface area contributed by atoms with E-state index in [0.717, 1.165) is 13.0 Å². The number of nitrogens with one attached hydrogen (secondary N) is 1. The second kappa shape index (κ2) is 3.92. The van der Waals surface area contributed by atoms with E-state index in [-0.39, 0.29) is 0 Å². The molecule has 2 aliphatic rings. The molecule has 2 aliphatic carbocycles. The first-order chi connectivity index (χ1) is 7.84. The monoisotopic (exact) mass is 218 g/mol. The number of nitrogens with two attached hydrogens (primary N) is 1. The van der Waals surface area contributed by atoms with E-state index < -0.39 is 0 Å². The molecule has 88 valence electrons. The van der Waals surface area contributed by atoms with Crippen molar-refractivity contribution < 1.29 is 0 Å². The van der Waals surface area contributed by atoms with Gasteiger partial charge < -0.3 is 10.7 Å². The minimum Gasteiger partial charge on any atom is -0.362 e. The molecule has 0 saturated heterocycles. The molecule has 1 fully saturated rings. The fourth-order valence-corrected chi connectivity index (χ4v) is 3.42. The number of aromatic nitrogens is 1. The number of H-pyrrole nitrogens is 1. The summed E-state index contributed by atoms with van der Waals surface area (Å²) in [7, 11) is 0. The van der Waals surface area contributed by atoms with Gasteiger partial charge in [-0.2, -0.15) is 0 Å². The van der Waals surface area contributed by atoms with Gasteiger partial charge in [0.15, 0.2) is 0 Å². The molecule has 0 bridgehead atoms. The summed E-state index contributed by atoms with van der Waals surface area (Å²) in [6, 6.07) is 2.45. The Morgan fingerprint density at radius 1 is 1.19 bits per heavy atom. The first kappa shape index (κ1) is 10.4. The highest BCUT2D eigenvalue weighted by Gasteiger charge is 2.39. The van der Waals surface area contributed by atoms with Crippen LogP contribution in [0.15, 0.2) is 6.07 Å². The van der Waals surface area contributed by atoms with E-state index in [2.05, 4.69) is 11.1 Å². The molecule has 0 amide bonds. The van der Waals surface area contributed by atoms with Crippen LogP contribution < -0.4 is 5.73 Å². The van der Waals surface area contributed by atoms with E-state index in [1.54, 1.807) is 5.56 Å². The van der Waals surface area contributed by atoms with E-state index in [4.69, 9.17) is 5.73 Å². The van der Waals surface area contributed by atoms with Crippen LogP contribution in [0.1, 0.15) is 55.5 Å². The minimum absolute atomic E-state index is 0.423. The van der Waals surface area contributed by atoms with Crippen molar-refractivity contribution in [2.45, 2.75) is 56.8 Å². The van der Waals surface area contributed by atoms with Crippen LogP contribution in [0.4, 0.5) is 0 Å². The Labute approximate surface area is 97.6 Å². The van der Waals surface area contributed by atoms with Gasteiger partial charge in [-0.25, -0.2) is 0 Å². The van der Waals surface area contributed by atoms with Gasteiger partial charge in [-0.1, -0.05) is 6.42 Å². The summed E-state index contributed by atoms with van der Waals surface area (Å²) in [5.41, 5.74) is 10.8. The van der Waals surface area contributed by atoms with Gasteiger partial charge >= 0.3 is 0 Å². The van der Waals surface area contributed by atoms with Crippen molar-refractivity contribution in [1.29, 1.82) is 0 Å². The lowest BCUT2D eigenvalue weighted by Crippen LogP contribution is -2.36. The third kappa shape index (κ3) is 1.51. The van der Waals surface area contributed by atoms with Crippen molar-refractivity contribution in [3.05, 3.63) is 23.0 Å². The van der Waals surface area contributed by atoms with Crippen LogP contribution in [0.3, 0.4) is 0 Å². The normalized spacial score (nSPS) is 22.6. The van der Waals surface area contributed by atoms with E-state index in [1.807, 2.05) is 0 Å². The Bertz CT molecular complexity index is 351. The highest BCUT2D eigenvalue weighted by atomic mass is 14.8. The van der Waals surface area contributed by atoms with Gasteiger partial charge in [0.25, 0.3) is 0 Å². The van der Waals surface area contributed by atoms with Crippen LogP contribution in [-0.4, -0.2) is 11.5 Å². The maximum atomic E-state index is 5.77. The maximum Gasteiger partial charge on any atom is 0.0215 e. The lowest BCUT2D eigenvalue weighted by Gasteiger charge is -2.41. The zero-order valence-electron chi connectivity index (χ0n) is 10.0. The number of aryl methyl sites for hydroxylation is 2. The summed E-state index contributed by atoms with van der Waals surface area (Å²) in [4.78, 5) is 3.71. The Balaban J connectivity index is 1.90. The van der Waals surface area contributed by atoms with Crippen LogP contribution in [0.25, 0.3) is 0 Å². The van der Waals surface area contributed by atoms with Gasteiger partial charge in [0.1, 0.15) is 0 Å². The number of fused-ring (bicyclic) bond motifs is 1. The topological polar surface area (TPSA) is 41.8 Å². The fourth-order valence-electron chi connectivity index (χ4n) is 3.42. The van der Waals surface area contributed by atoms with Crippen molar-refractivity contribution in [3.8, 4) is 0 Å². The van der Waals surface area contributed by atoms with Crippen molar-refractivity contribution in [1.82, 2.24) is 4.98 Å². The molecule has 0 unspecified atom stereocenters. The molecule has 0 atom stereocenters. The Kier molecular flexibility index (Phi) is 2.55. The fraction of sp³-hybridized carbons (Fsp3) is 0.714. The molecule has 0 aliphatic heterocycles. The third-order valence-corrected chi connectivity index (χ3v) is 4.62. The zero-order chi connectivity index (χ0) is 11.0. The highest BCUT2D eigenvalue weighted by molar-refractivity contribution is 5.33. The van der Waals surface area contributed by atoms with Gasteiger partial charge in [0, 0.05) is 16.8 Å². The van der Waals surface area contributed by atoms with Crippen LogP contribution in [0.5, 0.6) is 0 Å². The van der Waals surface area contributed by atoms with E-state index in [1.165, 1.54) is 56.3 Å². The summed E-state index contributed by atoms with van der Waals surface area (Å²) < 4.78 is 0. The molecule has 0 aromatic carbocycles. The van der Waals surface area contributed by atoms with Crippen molar-refractivity contribution >= 4 is 0 Å². The van der Waals surface area contributed by atoms with Crippen LogP contribution in [0, 0.1) is 0 Å². The summed E-state index contributed by atoms with van der Waals surface area (Å²) in [5, 5.41) is 0. The Hall–Kier alpha value is -0.760. The summed E-state index contributed by atoms with van der Waals surface area (Å²) in [6.45, 7) is 0.823. The van der Waals surface area contributed by atoms with E-state index in [0.29, 0.717) is 5.41 Å². The van der Waals surface area contributed by atoms with Crippen molar-refractivity contribution in [3.63, 3.8) is 0 Å². The Morgan fingerprint density at radius 2 is 2.00 bits per heavy atom. The molecule has 1 aromatic rings. The average molecular weight is 218 g/mol. The molecule has 16 heavy (non-hydrogen) atoms. The number of hydrogen-bond donors (Lipinski definition) is 2. The first-order valence-corrected chi connectivity index (χ1v) is 6.75. The van der Waals surface area contributed by atoms with Gasteiger partial charge in [-0.15, -0.1) is 0 Å². The van der Waals surface area contributed by atoms with Crippen LogP contribution in [0.2, 0.25) is 0 Å². The molecule has 1 heterocycles. The molecule has 2 nitrogen and oxygen atoms in total. The second-order valence-electron chi connectivity index (χ2n) is 5.57. The SMILES string of the molecule is NCCC1(c2cc3c([nH]2)CCCC3)CCC1. The summed E-state index contributed by atoms with van der Waals surface area (Å²) in [6.07, 6.45) is 10.5. The summed E-state index contributed by atoms with van der Waals surface area (Å²) in [5.74, 6) is 0. The second-order valence-corrected chi connectivity index (χ2v) is 5.57. The molecule has 2 heteroatoms.